The first-order chi connectivity index (χ1) is 5.11. The quantitative estimate of drug-likeness (QED) is 0.538. The average molecular weight is 152 g/mol. The van der Waals surface area contributed by atoms with Crippen molar-refractivity contribution in [3.63, 3.8) is 0 Å². The number of hydrogen-bond acceptors (Lipinski definition) is 2. The van der Waals surface area contributed by atoms with Crippen molar-refractivity contribution in [2.75, 3.05) is 0 Å². The molecule has 0 saturated heterocycles. The predicted molar refractivity (Wildman–Crippen MR) is 42.8 cm³/mol. The Morgan fingerprint density at radius 1 is 1.55 bits per heavy atom. The summed E-state index contributed by atoms with van der Waals surface area (Å²) in [6.07, 6.45) is 2.85. The number of carbonyl (C=O) groups excluding carboxylic acids is 1. The van der Waals surface area contributed by atoms with Crippen LogP contribution < -0.4 is 0 Å². The van der Waals surface area contributed by atoms with Gasteiger partial charge < -0.3 is 4.74 Å². The van der Waals surface area contributed by atoms with Crippen molar-refractivity contribution in [3.05, 3.63) is 23.0 Å². The lowest BCUT2D eigenvalue weighted by molar-refractivity contribution is -0.136. The maximum absolute atomic E-state index is 10.6. The van der Waals surface area contributed by atoms with Crippen LogP contribution in [0.3, 0.4) is 0 Å². The Bertz CT molecular complexity index is 246. The van der Waals surface area contributed by atoms with Gasteiger partial charge in [0.1, 0.15) is 5.76 Å². The Balaban J connectivity index is 2.69. The molecule has 60 valence electrons. The summed E-state index contributed by atoms with van der Waals surface area (Å²) in [6.45, 7) is 5.43. The SMILES string of the molecule is CC(=O)OC1=CCC(C)=C1C. The smallest absolute Gasteiger partial charge is 0.308 e. The van der Waals surface area contributed by atoms with Gasteiger partial charge in [-0.15, -0.1) is 0 Å². The van der Waals surface area contributed by atoms with Gasteiger partial charge in [-0.1, -0.05) is 5.57 Å². The fourth-order valence-electron chi connectivity index (χ4n) is 1.04. The number of esters is 1. The molecule has 0 heterocycles. The maximum atomic E-state index is 10.6. The van der Waals surface area contributed by atoms with Crippen LogP contribution in [0.2, 0.25) is 0 Å². The molecule has 0 fully saturated rings. The van der Waals surface area contributed by atoms with Crippen molar-refractivity contribution >= 4 is 5.97 Å². The number of rotatable bonds is 1. The molecule has 0 radical (unpaired) electrons. The summed E-state index contributed by atoms with van der Waals surface area (Å²) in [5.41, 5.74) is 2.38. The fourth-order valence-corrected chi connectivity index (χ4v) is 1.04. The van der Waals surface area contributed by atoms with Crippen molar-refractivity contribution in [2.24, 2.45) is 0 Å². The van der Waals surface area contributed by atoms with E-state index in [4.69, 9.17) is 4.74 Å². The van der Waals surface area contributed by atoms with Gasteiger partial charge in [0.05, 0.1) is 0 Å². The Hall–Kier alpha value is -1.05. The average Bonchev–Trinajstić information content (AvgIpc) is 2.18. The number of hydrogen-bond donors (Lipinski definition) is 0. The lowest BCUT2D eigenvalue weighted by Crippen LogP contribution is -1.98. The van der Waals surface area contributed by atoms with Crippen LogP contribution in [0.15, 0.2) is 23.0 Å². The first-order valence-electron chi connectivity index (χ1n) is 3.66. The summed E-state index contributed by atoms with van der Waals surface area (Å²) in [7, 11) is 0. The minimum absolute atomic E-state index is 0.245. The second-order valence-corrected chi connectivity index (χ2v) is 2.77. The van der Waals surface area contributed by atoms with E-state index < -0.39 is 0 Å². The highest BCUT2D eigenvalue weighted by Crippen LogP contribution is 2.25. The third-order valence-electron chi connectivity index (χ3n) is 1.86. The molecule has 0 saturated carbocycles. The van der Waals surface area contributed by atoms with Crippen molar-refractivity contribution in [2.45, 2.75) is 27.2 Å². The summed E-state index contributed by atoms with van der Waals surface area (Å²) in [6, 6.07) is 0. The molecule has 2 nitrogen and oxygen atoms in total. The van der Waals surface area contributed by atoms with E-state index in [1.165, 1.54) is 12.5 Å². The molecule has 0 N–H and O–H groups in total. The third-order valence-corrected chi connectivity index (χ3v) is 1.86. The second kappa shape index (κ2) is 2.91. The lowest BCUT2D eigenvalue weighted by Gasteiger charge is -2.02. The van der Waals surface area contributed by atoms with E-state index in [0.717, 1.165) is 17.8 Å². The molecule has 0 aromatic rings. The van der Waals surface area contributed by atoms with E-state index in [1.807, 2.05) is 19.9 Å². The molecular formula is C9H12O2. The van der Waals surface area contributed by atoms with Crippen molar-refractivity contribution in [1.29, 1.82) is 0 Å². The van der Waals surface area contributed by atoms with Crippen LogP contribution in [-0.2, 0) is 9.53 Å². The summed E-state index contributed by atoms with van der Waals surface area (Å²) in [5, 5.41) is 0. The Labute approximate surface area is 66.5 Å². The van der Waals surface area contributed by atoms with Gasteiger partial charge in [0.2, 0.25) is 0 Å². The minimum Gasteiger partial charge on any atom is -0.427 e. The predicted octanol–water partition coefficient (Wildman–Crippen LogP) is 2.17. The maximum Gasteiger partial charge on any atom is 0.308 e. The van der Waals surface area contributed by atoms with Crippen LogP contribution in [0.5, 0.6) is 0 Å². The monoisotopic (exact) mass is 152 g/mol. The molecule has 0 amide bonds. The van der Waals surface area contributed by atoms with Crippen LogP contribution in [0.25, 0.3) is 0 Å². The number of carbonyl (C=O) groups is 1. The molecule has 11 heavy (non-hydrogen) atoms. The van der Waals surface area contributed by atoms with E-state index in [2.05, 4.69) is 0 Å². The summed E-state index contributed by atoms with van der Waals surface area (Å²) >= 11 is 0. The molecule has 1 aliphatic rings. The summed E-state index contributed by atoms with van der Waals surface area (Å²) in [5.74, 6) is 0.486. The molecule has 0 bridgehead atoms. The molecule has 1 rings (SSSR count). The van der Waals surface area contributed by atoms with Gasteiger partial charge in [0.15, 0.2) is 0 Å². The van der Waals surface area contributed by atoms with Crippen LogP contribution in [0, 0.1) is 0 Å². The Morgan fingerprint density at radius 2 is 2.18 bits per heavy atom. The Kier molecular flexibility index (Phi) is 2.13. The molecule has 0 spiro atoms. The third kappa shape index (κ3) is 1.70. The molecule has 0 unspecified atom stereocenters. The van der Waals surface area contributed by atoms with E-state index in [1.54, 1.807) is 0 Å². The van der Waals surface area contributed by atoms with Crippen LogP contribution in [0.4, 0.5) is 0 Å². The highest BCUT2D eigenvalue weighted by atomic mass is 16.5. The largest absolute Gasteiger partial charge is 0.427 e. The van der Waals surface area contributed by atoms with Gasteiger partial charge in [-0.05, 0) is 31.9 Å². The van der Waals surface area contributed by atoms with E-state index in [0.29, 0.717) is 0 Å². The van der Waals surface area contributed by atoms with Crippen molar-refractivity contribution < 1.29 is 9.53 Å². The highest BCUT2D eigenvalue weighted by Gasteiger charge is 2.12. The van der Waals surface area contributed by atoms with Gasteiger partial charge in [-0.25, -0.2) is 0 Å². The van der Waals surface area contributed by atoms with E-state index in [-0.39, 0.29) is 5.97 Å². The summed E-state index contributed by atoms with van der Waals surface area (Å²) < 4.78 is 4.96. The minimum atomic E-state index is -0.245. The zero-order valence-corrected chi connectivity index (χ0v) is 7.10. The topological polar surface area (TPSA) is 26.3 Å². The van der Waals surface area contributed by atoms with Crippen LogP contribution in [-0.4, -0.2) is 5.97 Å². The van der Waals surface area contributed by atoms with Gasteiger partial charge in [-0.2, -0.15) is 0 Å². The standard InChI is InChI=1S/C9H12O2/c1-6-4-5-9(7(6)2)11-8(3)10/h5H,4H2,1-3H3. The summed E-state index contributed by atoms with van der Waals surface area (Å²) in [4.78, 5) is 10.6. The normalized spacial score (nSPS) is 16.8. The number of ether oxygens (including phenoxy) is 1. The van der Waals surface area contributed by atoms with E-state index >= 15 is 0 Å². The fraction of sp³-hybridized carbons (Fsp3) is 0.444. The molecule has 0 atom stereocenters. The van der Waals surface area contributed by atoms with E-state index in [9.17, 15) is 4.79 Å². The first-order valence-corrected chi connectivity index (χ1v) is 3.66. The molecule has 2 heteroatoms. The van der Waals surface area contributed by atoms with Gasteiger partial charge >= 0.3 is 5.97 Å². The molecular weight excluding hydrogens is 140 g/mol. The Morgan fingerprint density at radius 3 is 2.55 bits per heavy atom. The zero-order chi connectivity index (χ0) is 8.43. The molecule has 1 aliphatic carbocycles. The molecule has 0 aromatic heterocycles. The van der Waals surface area contributed by atoms with Crippen LogP contribution >= 0.6 is 0 Å². The van der Waals surface area contributed by atoms with Crippen molar-refractivity contribution in [1.82, 2.24) is 0 Å². The zero-order valence-electron chi connectivity index (χ0n) is 7.10. The lowest BCUT2D eigenvalue weighted by atomic mass is 10.2. The molecule has 0 aliphatic heterocycles. The second-order valence-electron chi connectivity index (χ2n) is 2.77. The molecule has 0 aromatic carbocycles. The first kappa shape index (κ1) is 8.05. The van der Waals surface area contributed by atoms with Gasteiger partial charge in [0, 0.05) is 6.92 Å². The van der Waals surface area contributed by atoms with Gasteiger partial charge in [-0.3, -0.25) is 4.79 Å². The van der Waals surface area contributed by atoms with Crippen molar-refractivity contribution in [3.8, 4) is 0 Å². The highest BCUT2D eigenvalue weighted by molar-refractivity contribution is 5.68. The van der Waals surface area contributed by atoms with Crippen LogP contribution in [0.1, 0.15) is 27.2 Å². The number of allylic oxidation sites excluding steroid dienone is 3. The van der Waals surface area contributed by atoms with Gasteiger partial charge in [0.25, 0.3) is 0 Å².